The summed E-state index contributed by atoms with van der Waals surface area (Å²) >= 11 is 3.28. The van der Waals surface area contributed by atoms with Gasteiger partial charge in [0, 0.05) is 22.8 Å². The second-order valence-electron chi connectivity index (χ2n) is 5.31. The van der Waals surface area contributed by atoms with Gasteiger partial charge in [-0.05, 0) is 49.4 Å². The molecule has 0 heterocycles. The number of aldehydes is 1. The Bertz CT molecular complexity index is 790. The second kappa shape index (κ2) is 8.43. The van der Waals surface area contributed by atoms with E-state index in [1.165, 1.54) is 6.92 Å². The summed E-state index contributed by atoms with van der Waals surface area (Å²) in [5.41, 5.74) is 1.56. The lowest BCUT2D eigenvalue weighted by Gasteiger charge is -2.16. The molecule has 0 aromatic heterocycles. The molecular formula is C18H17BrN2O4. The van der Waals surface area contributed by atoms with E-state index < -0.39 is 6.10 Å². The Kier molecular flexibility index (Phi) is 6.30. The fraction of sp³-hybridized carbons (Fsp3) is 0.167. The third kappa shape index (κ3) is 5.42. The molecule has 2 aromatic carbocycles. The highest BCUT2D eigenvalue weighted by atomic mass is 79.9. The minimum absolute atomic E-state index is 0.167. The Morgan fingerprint density at radius 2 is 1.68 bits per heavy atom. The zero-order valence-electron chi connectivity index (χ0n) is 13.7. The number of hydrogen-bond donors (Lipinski definition) is 2. The van der Waals surface area contributed by atoms with Crippen LogP contribution in [0.15, 0.2) is 46.9 Å². The van der Waals surface area contributed by atoms with Crippen molar-refractivity contribution in [1.29, 1.82) is 0 Å². The van der Waals surface area contributed by atoms with Crippen LogP contribution in [0, 0.1) is 0 Å². The van der Waals surface area contributed by atoms with Gasteiger partial charge in [0.05, 0.1) is 5.56 Å². The van der Waals surface area contributed by atoms with Crippen molar-refractivity contribution in [3.8, 4) is 5.75 Å². The molecule has 0 aliphatic carbocycles. The predicted molar refractivity (Wildman–Crippen MR) is 99.0 cm³/mol. The van der Waals surface area contributed by atoms with E-state index in [4.69, 9.17) is 4.74 Å². The zero-order chi connectivity index (χ0) is 18.4. The number of hydrogen-bond acceptors (Lipinski definition) is 4. The van der Waals surface area contributed by atoms with Crippen molar-refractivity contribution >= 4 is 45.4 Å². The highest BCUT2D eigenvalue weighted by Crippen LogP contribution is 2.23. The quantitative estimate of drug-likeness (QED) is 0.719. The number of carbonyl (C=O) groups excluding carboxylic acids is 3. The van der Waals surface area contributed by atoms with Crippen molar-refractivity contribution in [3.63, 3.8) is 0 Å². The molecular weight excluding hydrogens is 388 g/mol. The third-order valence-electron chi connectivity index (χ3n) is 3.24. The van der Waals surface area contributed by atoms with Gasteiger partial charge < -0.3 is 15.4 Å². The Hall–Kier alpha value is -2.67. The van der Waals surface area contributed by atoms with Crippen molar-refractivity contribution in [2.24, 2.45) is 0 Å². The lowest BCUT2D eigenvalue weighted by molar-refractivity contribution is -0.122. The first kappa shape index (κ1) is 18.7. The van der Waals surface area contributed by atoms with Crippen LogP contribution in [0.4, 0.5) is 11.4 Å². The van der Waals surface area contributed by atoms with Crippen LogP contribution in [0.5, 0.6) is 5.75 Å². The van der Waals surface area contributed by atoms with Crippen molar-refractivity contribution in [2.45, 2.75) is 20.0 Å². The van der Waals surface area contributed by atoms with Crippen LogP contribution >= 0.6 is 15.9 Å². The fourth-order valence-corrected chi connectivity index (χ4v) is 2.43. The third-order valence-corrected chi connectivity index (χ3v) is 3.74. The smallest absolute Gasteiger partial charge is 0.265 e. The molecule has 6 nitrogen and oxygen atoms in total. The van der Waals surface area contributed by atoms with Crippen LogP contribution in [-0.2, 0) is 9.59 Å². The van der Waals surface area contributed by atoms with E-state index in [9.17, 15) is 14.4 Å². The van der Waals surface area contributed by atoms with Gasteiger partial charge in [0.2, 0.25) is 5.91 Å². The molecule has 2 rings (SSSR count). The molecule has 0 bridgehead atoms. The highest BCUT2D eigenvalue weighted by molar-refractivity contribution is 9.10. The molecule has 0 aliphatic rings. The van der Waals surface area contributed by atoms with Gasteiger partial charge in [0.15, 0.2) is 12.4 Å². The maximum absolute atomic E-state index is 12.2. The lowest BCUT2D eigenvalue weighted by Crippen LogP contribution is -2.30. The summed E-state index contributed by atoms with van der Waals surface area (Å²) in [6.45, 7) is 3.02. The Morgan fingerprint density at radius 3 is 2.24 bits per heavy atom. The van der Waals surface area contributed by atoms with E-state index in [2.05, 4.69) is 26.6 Å². The number of halogens is 1. The lowest BCUT2D eigenvalue weighted by atomic mass is 10.2. The highest BCUT2D eigenvalue weighted by Gasteiger charge is 2.16. The Labute approximate surface area is 153 Å². The SMILES string of the molecule is CC(=O)Nc1ccc(NC(=O)[C@H](C)Oc2ccc(Br)cc2C=O)cc1. The average Bonchev–Trinajstić information content (AvgIpc) is 2.57. The molecule has 0 spiro atoms. The van der Waals surface area contributed by atoms with Gasteiger partial charge in [-0.2, -0.15) is 0 Å². The molecule has 0 radical (unpaired) electrons. The van der Waals surface area contributed by atoms with Gasteiger partial charge in [-0.25, -0.2) is 0 Å². The van der Waals surface area contributed by atoms with Crippen LogP contribution in [0.2, 0.25) is 0 Å². The molecule has 2 N–H and O–H groups in total. The molecule has 130 valence electrons. The minimum Gasteiger partial charge on any atom is -0.480 e. The van der Waals surface area contributed by atoms with Crippen LogP contribution in [0.3, 0.4) is 0 Å². The van der Waals surface area contributed by atoms with Crippen LogP contribution in [-0.4, -0.2) is 24.2 Å². The van der Waals surface area contributed by atoms with E-state index in [0.717, 1.165) is 4.47 Å². The first-order valence-electron chi connectivity index (χ1n) is 7.49. The van der Waals surface area contributed by atoms with Gasteiger partial charge >= 0.3 is 0 Å². The first-order valence-corrected chi connectivity index (χ1v) is 8.28. The normalized spacial score (nSPS) is 11.3. The molecule has 2 aromatic rings. The monoisotopic (exact) mass is 404 g/mol. The van der Waals surface area contributed by atoms with Gasteiger partial charge in [-0.1, -0.05) is 15.9 Å². The van der Waals surface area contributed by atoms with Crippen molar-refractivity contribution < 1.29 is 19.1 Å². The van der Waals surface area contributed by atoms with Crippen molar-refractivity contribution in [3.05, 3.63) is 52.5 Å². The first-order chi connectivity index (χ1) is 11.9. The van der Waals surface area contributed by atoms with Gasteiger partial charge in [-0.3, -0.25) is 14.4 Å². The second-order valence-corrected chi connectivity index (χ2v) is 6.22. The van der Waals surface area contributed by atoms with Gasteiger partial charge in [0.25, 0.3) is 5.91 Å². The Balaban J connectivity index is 2.00. The minimum atomic E-state index is -0.796. The predicted octanol–water partition coefficient (Wildman–Crippen LogP) is 3.63. The molecule has 2 amide bonds. The summed E-state index contributed by atoms with van der Waals surface area (Å²) in [6, 6.07) is 11.7. The summed E-state index contributed by atoms with van der Waals surface area (Å²) in [6.07, 6.45) is -0.124. The maximum Gasteiger partial charge on any atom is 0.265 e. The number of benzene rings is 2. The van der Waals surface area contributed by atoms with E-state index in [1.807, 2.05) is 0 Å². The molecule has 0 saturated heterocycles. The summed E-state index contributed by atoms with van der Waals surface area (Å²) in [7, 11) is 0. The summed E-state index contributed by atoms with van der Waals surface area (Å²) < 4.78 is 6.33. The zero-order valence-corrected chi connectivity index (χ0v) is 15.3. The molecule has 0 unspecified atom stereocenters. The number of rotatable bonds is 6. The Morgan fingerprint density at radius 1 is 1.08 bits per heavy atom. The molecule has 0 aliphatic heterocycles. The van der Waals surface area contributed by atoms with E-state index in [1.54, 1.807) is 49.4 Å². The summed E-state index contributed by atoms with van der Waals surface area (Å²) in [5.74, 6) is -0.187. The average molecular weight is 405 g/mol. The summed E-state index contributed by atoms with van der Waals surface area (Å²) in [5, 5.41) is 5.36. The van der Waals surface area contributed by atoms with E-state index in [0.29, 0.717) is 29.0 Å². The molecule has 0 saturated carbocycles. The summed E-state index contributed by atoms with van der Waals surface area (Å²) in [4.78, 5) is 34.3. The molecule has 0 fully saturated rings. The van der Waals surface area contributed by atoms with Gasteiger partial charge in [0.1, 0.15) is 5.75 Å². The fourth-order valence-electron chi connectivity index (χ4n) is 2.05. The maximum atomic E-state index is 12.2. The number of nitrogens with one attached hydrogen (secondary N) is 2. The molecule has 7 heteroatoms. The standard InChI is InChI=1S/C18H17BrN2O4/c1-11(25-17-8-3-14(19)9-13(17)10-22)18(24)21-16-6-4-15(5-7-16)20-12(2)23/h3-11H,1-2H3,(H,20,23)(H,21,24)/t11-/m0/s1. The number of amides is 2. The topological polar surface area (TPSA) is 84.5 Å². The van der Waals surface area contributed by atoms with E-state index >= 15 is 0 Å². The van der Waals surface area contributed by atoms with Crippen LogP contribution in [0.25, 0.3) is 0 Å². The number of carbonyl (C=O) groups is 3. The largest absolute Gasteiger partial charge is 0.480 e. The van der Waals surface area contributed by atoms with Gasteiger partial charge in [-0.15, -0.1) is 0 Å². The van der Waals surface area contributed by atoms with Crippen LogP contribution in [0.1, 0.15) is 24.2 Å². The van der Waals surface area contributed by atoms with Crippen molar-refractivity contribution in [2.75, 3.05) is 10.6 Å². The van der Waals surface area contributed by atoms with E-state index in [-0.39, 0.29) is 11.8 Å². The number of ether oxygens (including phenoxy) is 1. The molecule has 1 atom stereocenters. The molecule has 25 heavy (non-hydrogen) atoms. The van der Waals surface area contributed by atoms with Crippen molar-refractivity contribution in [1.82, 2.24) is 0 Å². The number of anilines is 2. The van der Waals surface area contributed by atoms with Crippen LogP contribution < -0.4 is 15.4 Å².